The zero-order valence-corrected chi connectivity index (χ0v) is 10.5. The van der Waals surface area contributed by atoms with Gasteiger partial charge in [-0.3, -0.25) is 0 Å². The van der Waals surface area contributed by atoms with Crippen LogP contribution in [0.1, 0.15) is 6.92 Å². The van der Waals surface area contributed by atoms with E-state index in [0.717, 1.165) is 42.8 Å². The third kappa shape index (κ3) is 1.31. The maximum absolute atomic E-state index is 4.58. The molecule has 2 aromatic rings. The summed E-state index contributed by atoms with van der Waals surface area (Å²) in [6, 6.07) is 2.60. The molecule has 0 spiro atoms. The summed E-state index contributed by atoms with van der Waals surface area (Å²) in [6.45, 7) is 5.72. The summed E-state index contributed by atoms with van der Waals surface area (Å²) in [6.07, 6.45) is 5.58. The molecule has 1 N–H and O–H groups in total. The highest BCUT2D eigenvalue weighted by Crippen LogP contribution is 2.36. The van der Waals surface area contributed by atoms with E-state index in [4.69, 9.17) is 0 Å². The van der Waals surface area contributed by atoms with Crippen LogP contribution in [0.3, 0.4) is 0 Å². The molecule has 2 fully saturated rings. The third-order valence-corrected chi connectivity index (χ3v) is 4.51. The molecule has 4 heterocycles. The fourth-order valence-electron chi connectivity index (χ4n) is 3.51. The van der Waals surface area contributed by atoms with Crippen LogP contribution >= 0.6 is 0 Å². The van der Waals surface area contributed by atoms with E-state index in [-0.39, 0.29) is 0 Å². The molecule has 0 bridgehead atoms. The van der Waals surface area contributed by atoms with Crippen LogP contribution < -0.4 is 10.2 Å². The zero-order valence-electron chi connectivity index (χ0n) is 10.5. The SMILES string of the molecule is CC1C2CNCC2CN1c1nccn2nccc12. The topological polar surface area (TPSA) is 45.5 Å². The van der Waals surface area contributed by atoms with Gasteiger partial charge >= 0.3 is 0 Å². The Balaban J connectivity index is 1.77. The summed E-state index contributed by atoms with van der Waals surface area (Å²) in [7, 11) is 0. The predicted molar refractivity (Wildman–Crippen MR) is 69.6 cm³/mol. The van der Waals surface area contributed by atoms with Crippen LogP contribution in [0.2, 0.25) is 0 Å². The van der Waals surface area contributed by atoms with Crippen LogP contribution in [-0.4, -0.2) is 40.3 Å². The minimum absolute atomic E-state index is 0.554. The minimum atomic E-state index is 0.554. The molecule has 3 unspecified atom stereocenters. The number of hydrogen-bond acceptors (Lipinski definition) is 4. The quantitative estimate of drug-likeness (QED) is 0.803. The molecule has 0 amide bonds. The van der Waals surface area contributed by atoms with Crippen molar-refractivity contribution in [3.05, 3.63) is 24.7 Å². The van der Waals surface area contributed by atoms with E-state index in [1.807, 2.05) is 29.2 Å². The molecule has 0 aliphatic carbocycles. The lowest BCUT2D eigenvalue weighted by molar-refractivity contribution is 0.471. The van der Waals surface area contributed by atoms with E-state index < -0.39 is 0 Å². The monoisotopic (exact) mass is 243 g/mol. The Bertz CT molecular complexity index is 578. The average Bonchev–Trinajstić information content (AvgIpc) is 3.06. The maximum atomic E-state index is 4.58. The van der Waals surface area contributed by atoms with Crippen molar-refractivity contribution >= 4 is 11.3 Å². The lowest BCUT2D eigenvalue weighted by Gasteiger charge is -2.25. The van der Waals surface area contributed by atoms with Gasteiger partial charge < -0.3 is 10.2 Å². The van der Waals surface area contributed by atoms with Crippen molar-refractivity contribution in [3.8, 4) is 0 Å². The van der Waals surface area contributed by atoms with Gasteiger partial charge in [0.25, 0.3) is 0 Å². The van der Waals surface area contributed by atoms with Crippen molar-refractivity contribution in [1.82, 2.24) is 19.9 Å². The highest BCUT2D eigenvalue weighted by molar-refractivity contribution is 5.69. The molecule has 0 radical (unpaired) electrons. The number of fused-ring (bicyclic) bond motifs is 2. The van der Waals surface area contributed by atoms with Gasteiger partial charge in [0.05, 0.1) is 6.20 Å². The van der Waals surface area contributed by atoms with Gasteiger partial charge in [-0.2, -0.15) is 5.10 Å². The van der Waals surface area contributed by atoms with Gasteiger partial charge in [-0.15, -0.1) is 0 Å². The van der Waals surface area contributed by atoms with E-state index >= 15 is 0 Å². The molecule has 0 aromatic carbocycles. The molecule has 2 aliphatic heterocycles. The molecule has 5 heteroatoms. The van der Waals surface area contributed by atoms with Crippen LogP contribution in [0.5, 0.6) is 0 Å². The van der Waals surface area contributed by atoms with Gasteiger partial charge in [0.2, 0.25) is 0 Å². The van der Waals surface area contributed by atoms with Crippen LogP contribution in [0.15, 0.2) is 24.7 Å². The Morgan fingerprint density at radius 2 is 2.28 bits per heavy atom. The maximum Gasteiger partial charge on any atom is 0.154 e. The zero-order chi connectivity index (χ0) is 12.1. The minimum Gasteiger partial charge on any atom is -0.351 e. The Kier molecular flexibility index (Phi) is 2.11. The van der Waals surface area contributed by atoms with Gasteiger partial charge in [-0.25, -0.2) is 9.50 Å². The lowest BCUT2D eigenvalue weighted by atomic mass is 9.95. The summed E-state index contributed by atoms with van der Waals surface area (Å²) in [5.41, 5.74) is 1.11. The first-order chi connectivity index (χ1) is 8.84. The Hall–Kier alpha value is -1.62. The fourth-order valence-corrected chi connectivity index (χ4v) is 3.51. The Morgan fingerprint density at radius 3 is 3.17 bits per heavy atom. The van der Waals surface area contributed by atoms with Crippen molar-refractivity contribution < 1.29 is 0 Å². The lowest BCUT2D eigenvalue weighted by Crippen LogP contribution is -2.34. The van der Waals surface area contributed by atoms with Crippen molar-refractivity contribution in [2.45, 2.75) is 13.0 Å². The standard InChI is InChI=1S/C13H17N5/c1-9-11-7-14-6-10(11)8-17(9)13-12-2-3-16-18(12)5-4-15-13/h2-5,9-11,14H,6-8H2,1H3. The molecular weight excluding hydrogens is 226 g/mol. The molecule has 18 heavy (non-hydrogen) atoms. The van der Waals surface area contributed by atoms with Crippen molar-refractivity contribution in [2.75, 3.05) is 24.5 Å². The van der Waals surface area contributed by atoms with Gasteiger partial charge in [-0.1, -0.05) is 0 Å². The highest BCUT2D eigenvalue weighted by Gasteiger charge is 2.42. The van der Waals surface area contributed by atoms with Crippen LogP contribution in [0, 0.1) is 11.8 Å². The number of aromatic nitrogens is 3. The molecule has 4 rings (SSSR count). The van der Waals surface area contributed by atoms with Gasteiger partial charge in [0.1, 0.15) is 5.52 Å². The third-order valence-electron chi connectivity index (χ3n) is 4.51. The first-order valence-electron chi connectivity index (χ1n) is 6.60. The average molecular weight is 243 g/mol. The first kappa shape index (κ1) is 10.3. The summed E-state index contributed by atoms with van der Waals surface area (Å²) in [5.74, 6) is 2.61. The largest absolute Gasteiger partial charge is 0.351 e. The van der Waals surface area contributed by atoms with Crippen LogP contribution in [0.4, 0.5) is 5.82 Å². The second kappa shape index (κ2) is 3.68. The number of anilines is 1. The molecular formula is C13H17N5. The predicted octanol–water partition coefficient (Wildman–Crippen LogP) is 0.773. The van der Waals surface area contributed by atoms with E-state index in [1.165, 1.54) is 0 Å². The Labute approximate surface area is 106 Å². The van der Waals surface area contributed by atoms with Gasteiger partial charge in [-0.05, 0) is 24.8 Å². The molecule has 3 atom stereocenters. The number of nitrogens with zero attached hydrogens (tertiary/aromatic N) is 4. The van der Waals surface area contributed by atoms with Gasteiger partial charge in [0, 0.05) is 38.1 Å². The summed E-state index contributed by atoms with van der Waals surface area (Å²) in [4.78, 5) is 7.04. The van der Waals surface area contributed by atoms with E-state index in [2.05, 4.69) is 27.2 Å². The van der Waals surface area contributed by atoms with E-state index in [9.17, 15) is 0 Å². The molecule has 5 nitrogen and oxygen atoms in total. The first-order valence-corrected chi connectivity index (χ1v) is 6.60. The van der Waals surface area contributed by atoms with Gasteiger partial charge in [0.15, 0.2) is 5.82 Å². The van der Waals surface area contributed by atoms with E-state index in [1.54, 1.807) is 0 Å². The van der Waals surface area contributed by atoms with Crippen LogP contribution in [-0.2, 0) is 0 Å². The number of hydrogen-bond donors (Lipinski definition) is 1. The molecule has 2 saturated heterocycles. The molecule has 2 aromatic heterocycles. The smallest absolute Gasteiger partial charge is 0.154 e. The molecule has 2 aliphatic rings. The van der Waals surface area contributed by atoms with Crippen molar-refractivity contribution in [3.63, 3.8) is 0 Å². The van der Waals surface area contributed by atoms with Crippen molar-refractivity contribution in [2.24, 2.45) is 11.8 Å². The second-order valence-corrected chi connectivity index (χ2v) is 5.39. The number of rotatable bonds is 1. The second-order valence-electron chi connectivity index (χ2n) is 5.39. The summed E-state index contributed by atoms with van der Waals surface area (Å²) >= 11 is 0. The summed E-state index contributed by atoms with van der Waals surface area (Å²) < 4.78 is 1.90. The Morgan fingerprint density at radius 1 is 1.33 bits per heavy atom. The highest BCUT2D eigenvalue weighted by atomic mass is 15.3. The van der Waals surface area contributed by atoms with Crippen molar-refractivity contribution in [1.29, 1.82) is 0 Å². The number of nitrogens with one attached hydrogen (secondary N) is 1. The molecule has 94 valence electrons. The fraction of sp³-hybridized carbons (Fsp3) is 0.538. The van der Waals surface area contributed by atoms with E-state index in [0.29, 0.717) is 6.04 Å². The summed E-state index contributed by atoms with van der Waals surface area (Å²) in [5, 5.41) is 7.78. The normalized spacial score (nSPS) is 31.2. The molecule has 0 saturated carbocycles. The van der Waals surface area contributed by atoms with Crippen LogP contribution in [0.25, 0.3) is 5.52 Å².